The highest BCUT2D eigenvalue weighted by Gasteiger charge is 2.09. The van der Waals surface area contributed by atoms with Gasteiger partial charge in [-0.05, 0) is 18.2 Å². The van der Waals surface area contributed by atoms with Crippen molar-refractivity contribution in [2.45, 2.75) is 0 Å². The molecule has 8 heteroatoms. The summed E-state index contributed by atoms with van der Waals surface area (Å²) < 4.78 is 6.46. The number of rotatable bonds is 7. The Hall–Kier alpha value is -1.96. The second-order valence-electron chi connectivity index (χ2n) is 4.22. The fourth-order valence-electron chi connectivity index (χ4n) is 1.71. The maximum atomic E-state index is 11.9. The van der Waals surface area contributed by atoms with Crippen molar-refractivity contribution in [3.8, 4) is 5.69 Å². The summed E-state index contributed by atoms with van der Waals surface area (Å²) in [5, 5.41) is 10.4. The summed E-state index contributed by atoms with van der Waals surface area (Å²) in [6.07, 6.45) is 2.97. The molecule has 0 atom stereocenters. The van der Waals surface area contributed by atoms with Gasteiger partial charge in [0, 0.05) is 18.7 Å². The number of carbonyl (C=O) groups is 1. The zero-order valence-corrected chi connectivity index (χ0v) is 12.3. The predicted molar refractivity (Wildman–Crippen MR) is 79.7 cm³/mol. The number of amides is 1. The summed E-state index contributed by atoms with van der Waals surface area (Å²) in [6.45, 7) is 1.34. The molecule has 21 heavy (non-hydrogen) atoms. The first-order chi connectivity index (χ1) is 10.2. The molecule has 0 bridgehead atoms. The molecule has 0 aliphatic heterocycles. The van der Waals surface area contributed by atoms with Gasteiger partial charge in [0.2, 0.25) is 5.91 Å². The van der Waals surface area contributed by atoms with Crippen molar-refractivity contribution in [1.82, 2.24) is 20.1 Å². The van der Waals surface area contributed by atoms with Crippen LogP contribution in [-0.4, -0.2) is 47.5 Å². The molecule has 1 amide bonds. The van der Waals surface area contributed by atoms with Crippen LogP contribution in [0.15, 0.2) is 30.9 Å². The van der Waals surface area contributed by atoms with Crippen LogP contribution in [0, 0.1) is 0 Å². The normalized spacial score (nSPS) is 10.6. The van der Waals surface area contributed by atoms with Gasteiger partial charge < -0.3 is 15.4 Å². The quantitative estimate of drug-likeness (QED) is 0.748. The predicted octanol–water partition coefficient (Wildman–Crippen LogP) is 1.10. The van der Waals surface area contributed by atoms with Gasteiger partial charge in [0.1, 0.15) is 12.7 Å². The van der Waals surface area contributed by atoms with Crippen molar-refractivity contribution in [1.29, 1.82) is 0 Å². The molecule has 0 unspecified atom stereocenters. The van der Waals surface area contributed by atoms with Crippen LogP contribution in [-0.2, 0) is 9.53 Å². The number of hydrogen-bond donors (Lipinski definition) is 2. The van der Waals surface area contributed by atoms with E-state index in [1.165, 1.54) is 6.33 Å². The average molecular weight is 310 g/mol. The summed E-state index contributed by atoms with van der Waals surface area (Å²) in [6, 6.07) is 5.17. The molecule has 0 saturated carbocycles. The third-order valence-corrected chi connectivity index (χ3v) is 2.90. The van der Waals surface area contributed by atoms with E-state index in [2.05, 4.69) is 20.7 Å². The second-order valence-corrected chi connectivity index (χ2v) is 4.66. The van der Waals surface area contributed by atoms with Crippen molar-refractivity contribution in [3.63, 3.8) is 0 Å². The Kier molecular flexibility index (Phi) is 5.68. The molecule has 2 N–H and O–H groups in total. The molecule has 0 aliphatic carbocycles. The number of anilines is 1. The zero-order chi connectivity index (χ0) is 15.1. The number of nitrogens with zero attached hydrogens (tertiary/aromatic N) is 3. The van der Waals surface area contributed by atoms with E-state index in [1.807, 2.05) is 0 Å². The number of halogens is 1. The smallest absolute Gasteiger partial charge is 0.238 e. The maximum Gasteiger partial charge on any atom is 0.238 e. The Bertz CT molecular complexity index is 588. The monoisotopic (exact) mass is 309 g/mol. The molecule has 7 nitrogen and oxygen atoms in total. The van der Waals surface area contributed by atoms with Crippen molar-refractivity contribution in [2.24, 2.45) is 0 Å². The molecule has 1 aromatic carbocycles. The number of ether oxygens (including phenoxy) is 1. The zero-order valence-electron chi connectivity index (χ0n) is 11.5. The lowest BCUT2D eigenvalue weighted by atomic mass is 10.2. The molecule has 2 aromatic rings. The van der Waals surface area contributed by atoms with Crippen LogP contribution in [0.25, 0.3) is 5.69 Å². The second kappa shape index (κ2) is 7.72. The highest BCUT2D eigenvalue weighted by Crippen LogP contribution is 2.23. The molecule has 0 fully saturated rings. The third kappa shape index (κ3) is 4.52. The first kappa shape index (κ1) is 15.4. The van der Waals surface area contributed by atoms with Crippen LogP contribution in [0.5, 0.6) is 0 Å². The molecule has 0 radical (unpaired) electrons. The van der Waals surface area contributed by atoms with E-state index >= 15 is 0 Å². The van der Waals surface area contributed by atoms with Gasteiger partial charge in [0.25, 0.3) is 0 Å². The van der Waals surface area contributed by atoms with Gasteiger partial charge in [-0.15, -0.1) is 0 Å². The Morgan fingerprint density at radius 2 is 2.33 bits per heavy atom. The minimum atomic E-state index is -0.172. The first-order valence-corrected chi connectivity index (χ1v) is 6.72. The molecule has 1 aromatic heterocycles. The van der Waals surface area contributed by atoms with Gasteiger partial charge in [-0.3, -0.25) is 4.79 Å². The van der Waals surface area contributed by atoms with E-state index in [0.717, 1.165) is 0 Å². The van der Waals surface area contributed by atoms with Crippen LogP contribution in [0.4, 0.5) is 5.69 Å². The van der Waals surface area contributed by atoms with Gasteiger partial charge in [-0.1, -0.05) is 11.6 Å². The van der Waals surface area contributed by atoms with Crippen LogP contribution < -0.4 is 10.6 Å². The van der Waals surface area contributed by atoms with E-state index in [1.54, 1.807) is 36.3 Å². The number of carbonyl (C=O) groups excluding carboxylic acids is 1. The molecule has 0 aliphatic rings. The maximum absolute atomic E-state index is 11.9. The minimum absolute atomic E-state index is 0.172. The first-order valence-electron chi connectivity index (χ1n) is 6.35. The summed E-state index contributed by atoms with van der Waals surface area (Å²) in [4.78, 5) is 15.8. The van der Waals surface area contributed by atoms with Gasteiger partial charge >= 0.3 is 0 Å². The lowest BCUT2D eigenvalue weighted by molar-refractivity contribution is -0.115. The number of methoxy groups -OCH3 is 1. The lowest BCUT2D eigenvalue weighted by Crippen LogP contribution is -2.30. The van der Waals surface area contributed by atoms with Crippen molar-refractivity contribution < 1.29 is 9.53 Å². The van der Waals surface area contributed by atoms with Crippen LogP contribution in [0.1, 0.15) is 0 Å². The van der Waals surface area contributed by atoms with Crippen LogP contribution in [0.3, 0.4) is 0 Å². The highest BCUT2D eigenvalue weighted by molar-refractivity contribution is 6.31. The van der Waals surface area contributed by atoms with Gasteiger partial charge in [0.05, 0.1) is 24.5 Å². The Morgan fingerprint density at radius 1 is 1.48 bits per heavy atom. The SMILES string of the molecule is COCCNCC(=O)Nc1cc(Cl)ccc1-n1cncn1. The van der Waals surface area contributed by atoms with Crippen molar-refractivity contribution in [2.75, 3.05) is 32.1 Å². The van der Waals surface area contributed by atoms with E-state index < -0.39 is 0 Å². The number of benzene rings is 1. The number of hydrogen-bond acceptors (Lipinski definition) is 5. The molecule has 0 saturated heterocycles. The Morgan fingerprint density at radius 3 is 3.05 bits per heavy atom. The largest absolute Gasteiger partial charge is 0.383 e. The molecular weight excluding hydrogens is 294 g/mol. The average Bonchev–Trinajstić information content (AvgIpc) is 2.98. The molecule has 1 heterocycles. The Labute approximate surface area is 127 Å². The fourth-order valence-corrected chi connectivity index (χ4v) is 1.88. The molecule has 112 valence electrons. The van der Waals surface area contributed by atoms with Gasteiger partial charge in [0.15, 0.2) is 0 Å². The van der Waals surface area contributed by atoms with E-state index in [0.29, 0.717) is 29.5 Å². The van der Waals surface area contributed by atoms with Crippen molar-refractivity contribution in [3.05, 3.63) is 35.9 Å². The van der Waals surface area contributed by atoms with E-state index in [9.17, 15) is 4.79 Å². The third-order valence-electron chi connectivity index (χ3n) is 2.67. The lowest BCUT2D eigenvalue weighted by Gasteiger charge is -2.11. The van der Waals surface area contributed by atoms with Crippen molar-refractivity contribution >= 4 is 23.2 Å². The number of aromatic nitrogens is 3. The topological polar surface area (TPSA) is 81.1 Å². The van der Waals surface area contributed by atoms with Gasteiger partial charge in [-0.2, -0.15) is 5.10 Å². The Balaban J connectivity index is 2.05. The summed E-state index contributed by atoms with van der Waals surface area (Å²) in [5.74, 6) is -0.172. The molecular formula is C13H16ClN5O2. The van der Waals surface area contributed by atoms with Crippen LogP contribution in [0.2, 0.25) is 5.02 Å². The number of nitrogens with one attached hydrogen (secondary N) is 2. The summed E-state index contributed by atoms with van der Waals surface area (Å²) in [7, 11) is 1.61. The summed E-state index contributed by atoms with van der Waals surface area (Å²) >= 11 is 5.98. The van der Waals surface area contributed by atoms with Crippen LogP contribution >= 0.6 is 11.6 Å². The standard InChI is InChI=1S/C13H16ClN5O2/c1-21-5-4-15-7-13(20)18-11-6-10(14)2-3-12(11)19-9-16-8-17-19/h2-3,6,8-9,15H,4-5,7H2,1H3,(H,18,20). The van der Waals surface area contributed by atoms with E-state index in [4.69, 9.17) is 16.3 Å². The van der Waals surface area contributed by atoms with E-state index in [-0.39, 0.29) is 12.5 Å². The fraction of sp³-hybridized carbons (Fsp3) is 0.308. The summed E-state index contributed by atoms with van der Waals surface area (Å²) in [5.41, 5.74) is 1.27. The highest BCUT2D eigenvalue weighted by atomic mass is 35.5. The molecule has 0 spiro atoms. The van der Waals surface area contributed by atoms with Gasteiger partial charge in [-0.25, -0.2) is 9.67 Å². The molecule has 2 rings (SSSR count). The minimum Gasteiger partial charge on any atom is -0.383 e.